The number of fused-ring (bicyclic) bond motifs is 1. The van der Waals surface area contributed by atoms with Crippen molar-refractivity contribution in [1.29, 1.82) is 0 Å². The summed E-state index contributed by atoms with van der Waals surface area (Å²) in [5.74, 6) is 0.207. The van der Waals surface area contributed by atoms with Crippen molar-refractivity contribution in [3.63, 3.8) is 0 Å². The Balaban J connectivity index is 1.57. The van der Waals surface area contributed by atoms with Crippen molar-refractivity contribution < 1.29 is 26.4 Å². The SMILES string of the molecule is COc1cc(NC(=O)[C@@H]2CCCN2C2=NS(=O)(=O)c3ccccc32)ccc1NS(C)(=O)=O. The summed E-state index contributed by atoms with van der Waals surface area (Å²) in [6.07, 6.45) is 2.28. The standard InChI is InChI=1S/C20H22N4O6S2/c1-30-17-12-13(9-10-15(17)22-31(2,26)27)21-20(25)16-7-5-11-24(16)19-14-6-3-4-8-18(14)32(28,29)23-19/h3-4,6,8-10,12,16,22H,5,7,11H2,1-2H3,(H,21,25)/t16-/m0/s1. The number of methoxy groups -OCH3 is 1. The number of anilines is 2. The maximum Gasteiger partial charge on any atom is 0.285 e. The van der Waals surface area contributed by atoms with Crippen LogP contribution < -0.4 is 14.8 Å². The maximum atomic E-state index is 13.1. The summed E-state index contributed by atoms with van der Waals surface area (Å²) in [4.78, 5) is 14.9. The number of ether oxygens (including phenoxy) is 1. The van der Waals surface area contributed by atoms with Crippen LogP contribution >= 0.6 is 0 Å². The second kappa shape index (κ2) is 8.10. The highest BCUT2D eigenvalue weighted by Gasteiger charge is 2.39. The molecule has 0 saturated carbocycles. The van der Waals surface area contributed by atoms with E-state index in [-0.39, 0.29) is 28.1 Å². The number of rotatable bonds is 5. The molecule has 2 heterocycles. The van der Waals surface area contributed by atoms with Gasteiger partial charge in [-0.25, -0.2) is 8.42 Å². The average Bonchev–Trinajstić information content (AvgIpc) is 3.31. The van der Waals surface area contributed by atoms with E-state index < -0.39 is 26.1 Å². The van der Waals surface area contributed by atoms with Crippen molar-refractivity contribution in [2.75, 3.05) is 29.9 Å². The third-order valence-electron chi connectivity index (χ3n) is 5.20. The molecule has 0 aliphatic carbocycles. The number of amides is 1. The Morgan fingerprint density at radius 1 is 1.22 bits per heavy atom. The molecule has 12 heteroatoms. The van der Waals surface area contributed by atoms with Crippen LogP contribution in [0.1, 0.15) is 18.4 Å². The number of benzene rings is 2. The summed E-state index contributed by atoms with van der Waals surface area (Å²) < 4.78 is 59.3. The van der Waals surface area contributed by atoms with Gasteiger partial charge in [-0.2, -0.15) is 8.42 Å². The molecule has 0 unspecified atom stereocenters. The number of carbonyl (C=O) groups excluding carboxylic acids is 1. The number of hydrogen-bond donors (Lipinski definition) is 2. The average molecular weight is 479 g/mol. The van der Waals surface area contributed by atoms with Gasteiger partial charge in [-0.1, -0.05) is 12.1 Å². The summed E-state index contributed by atoms with van der Waals surface area (Å²) in [7, 11) is -5.89. The predicted molar refractivity (Wildman–Crippen MR) is 120 cm³/mol. The normalized spacial score (nSPS) is 19.2. The first-order valence-corrected chi connectivity index (χ1v) is 13.1. The number of carbonyl (C=O) groups is 1. The van der Waals surface area contributed by atoms with Crippen molar-refractivity contribution in [3.05, 3.63) is 48.0 Å². The highest BCUT2D eigenvalue weighted by Crippen LogP contribution is 2.32. The van der Waals surface area contributed by atoms with E-state index in [1.54, 1.807) is 29.2 Å². The third-order valence-corrected chi connectivity index (χ3v) is 7.12. The predicted octanol–water partition coefficient (Wildman–Crippen LogP) is 1.62. The molecular formula is C20H22N4O6S2. The number of sulfonamides is 2. The lowest BCUT2D eigenvalue weighted by atomic mass is 10.1. The lowest BCUT2D eigenvalue weighted by molar-refractivity contribution is -0.119. The highest BCUT2D eigenvalue weighted by atomic mass is 32.2. The molecule has 1 amide bonds. The Labute approximate surface area is 186 Å². The minimum Gasteiger partial charge on any atom is -0.494 e. The summed E-state index contributed by atoms with van der Waals surface area (Å²) in [6, 6.07) is 10.5. The monoisotopic (exact) mass is 478 g/mol. The zero-order chi connectivity index (χ0) is 23.1. The number of nitrogens with one attached hydrogen (secondary N) is 2. The van der Waals surface area contributed by atoms with Gasteiger partial charge in [-0.3, -0.25) is 9.52 Å². The second-order valence-corrected chi connectivity index (χ2v) is 10.8. The van der Waals surface area contributed by atoms with E-state index in [1.165, 1.54) is 25.3 Å². The molecule has 32 heavy (non-hydrogen) atoms. The van der Waals surface area contributed by atoms with Crippen LogP contribution in [0.3, 0.4) is 0 Å². The largest absolute Gasteiger partial charge is 0.494 e. The van der Waals surface area contributed by atoms with E-state index >= 15 is 0 Å². The molecule has 1 saturated heterocycles. The number of hydrogen-bond acceptors (Lipinski definition) is 7. The van der Waals surface area contributed by atoms with E-state index in [0.29, 0.717) is 30.6 Å². The van der Waals surface area contributed by atoms with Crippen molar-refractivity contribution in [1.82, 2.24) is 4.90 Å². The first-order valence-electron chi connectivity index (χ1n) is 9.77. The van der Waals surface area contributed by atoms with E-state index in [4.69, 9.17) is 4.74 Å². The van der Waals surface area contributed by atoms with Gasteiger partial charge in [0, 0.05) is 23.9 Å². The Bertz CT molecular complexity index is 1320. The van der Waals surface area contributed by atoms with Gasteiger partial charge in [0.25, 0.3) is 10.0 Å². The van der Waals surface area contributed by atoms with E-state index in [0.717, 1.165) is 6.26 Å². The Morgan fingerprint density at radius 3 is 2.69 bits per heavy atom. The van der Waals surface area contributed by atoms with E-state index in [2.05, 4.69) is 14.4 Å². The van der Waals surface area contributed by atoms with E-state index in [1.807, 2.05) is 0 Å². The minimum absolute atomic E-state index is 0.139. The summed E-state index contributed by atoms with van der Waals surface area (Å²) >= 11 is 0. The molecule has 2 N–H and O–H groups in total. The Morgan fingerprint density at radius 2 is 1.97 bits per heavy atom. The zero-order valence-corrected chi connectivity index (χ0v) is 19.0. The first kappa shape index (κ1) is 22.1. The van der Waals surface area contributed by atoms with Gasteiger partial charge in [-0.15, -0.1) is 4.40 Å². The van der Waals surface area contributed by atoms with Gasteiger partial charge in [0.15, 0.2) is 5.84 Å². The maximum absolute atomic E-state index is 13.1. The van der Waals surface area contributed by atoms with Gasteiger partial charge in [-0.05, 0) is 37.1 Å². The summed E-state index contributed by atoms with van der Waals surface area (Å²) in [5, 5.41) is 2.80. The fraction of sp³-hybridized carbons (Fsp3) is 0.300. The Kier molecular flexibility index (Phi) is 5.59. The lowest BCUT2D eigenvalue weighted by Gasteiger charge is -2.25. The van der Waals surface area contributed by atoms with Crippen LogP contribution in [0.2, 0.25) is 0 Å². The molecule has 1 fully saturated rings. The molecular weight excluding hydrogens is 456 g/mol. The van der Waals surface area contributed by atoms with Crippen molar-refractivity contribution in [2.45, 2.75) is 23.8 Å². The number of likely N-dealkylation sites (tertiary alicyclic amines) is 1. The van der Waals surface area contributed by atoms with Crippen molar-refractivity contribution >= 4 is 43.2 Å². The van der Waals surface area contributed by atoms with Gasteiger partial charge < -0.3 is 15.0 Å². The van der Waals surface area contributed by atoms with Crippen LogP contribution in [0, 0.1) is 0 Å². The topological polar surface area (TPSA) is 134 Å². The van der Waals surface area contributed by atoms with Crippen LogP contribution in [-0.2, 0) is 24.8 Å². The van der Waals surface area contributed by atoms with Crippen LogP contribution in [0.4, 0.5) is 11.4 Å². The Hall–Kier alpha value is -3.12. The number of nitrogens with zero attached hydrogens (tertiary/aromatic N) is 2. The molecule has 4 rings (SSSR count). The first-order chi connectivity index (χ1) is 15.1. The zero-order valence-electron chi connectivity index (χ0n) is 17.4. The summed E-state index contributed by atoms with van der Waals surface area (Å²) in [6.45, 7) is 0.501. The smallest absolute Gasteiger partial charge is 0.285 e. The molecule has 0 radical (unpaired) electrons. The molecule has 10 nitrogen and oxygen atoms in total. The fourth-order valence-corrected chi connectivity index (χ4v) is 5.65. The molecule has 2 aliphatic heterocycles. The molecule has 1 atom stereocenters. The van der Waals surface area contributed by atoms with Crippen LogP contribution in [0.5, 0.6) is 5.75 Å². The molecule has 0 aromatic heterocycles. The highest BCUT2D eigenvalue weighted by molar-refractivity contribution is 7.92. The van der Waals surface area contributed by atoms with Gasteiger partial charge in [0.1, 0.15) is 16.7 Å². The molecule has 0 spiro atoms. The van der Waals surface area contributed by atoms with Crippen LogP contribution in [-0.4, -0.2) is 59.4 Å². The molecule has 2 aromatic carbocycles. The van der Waals surface area contributed by atoms with Gasteiger partial charge in [0.05, 0.1) is 19.1 Å². The van der Waals surface area contributed by atoms with Crippen LogP contribution in [0.15, 0.2) is 51.8 Å². The minimum atomic E-state index is -3.79. The van der Waals surface area contributed by atoms with Gasteiger partial charge >= 0.3 is 0 Å². The molecule has 0 bridgehead atoms. The second-order valence-electron chi connectivity index (χ2n) is 7.52. The number of amidine groups is 1. The fourth-order valence-electron chi connectivity index (χ4n) is 3.87. The van der Waals surface area contributed by atoms with Gasteiger partial charge in [0.2, 0.25) is 15.9 Å². The molecule has 2 aromatic rings. The lowest BCUT2D eigenvalue weighted by Crippen LogP contribution is -2.43. The molecule has 2 aliphatic rings. The summed E-state index contributed by atoms with van der Waals surface area (Å²) in [5.41, 5.74) is 1.15. The van der Waals surface area contributed by atoms with Crippen molar-refractivity contribution in [2.24, 2.45) is 4.40 Å². The van der Waals surface area contributed by atoms with E-state index in [9.17, 15) is 21.6 Å². The molecule has 170 valence electrons. The van der Waals surface area contributed by atoms with Crippen molar-refractivity contribution in [3.8, 4) is 5.75 Å². The van der Waals surface area contributed by atoms with Crippen LogP contribution in [0.25, 0.3) is 0 Å². The quantitative estimate of drug-likeness (QED) is 0.667. The third kappa shape index (κ3) is 4.28.